The summed E-state index contributed by atoms with van der Waals surface area (Å²) in [5.74, 6) is 1.74. The number of methoxy groups -OCH3 is 1. The quantitative estimate of drug-likeness (QED) is 0.236. The van der Waals surface area contributed by atoms with Gasteiger partial charge in [0.15, 0.2) is 17.5 Å². The van der Waals surface area contributed by atoms with Gasteiger partial charge in [-0.05, 0) is 57.1 Å². The number of phenolic OH excluding ortho intramolecular Hbond substituents is 1. The van der Waals surface area contributed by atoms with E-state index in [1.54, 1.807) is 13.2 Å². The van der Waals surface area contributed by atoms with Gasteiger partial charge < -0.3 is 25.8 Å². The standard InChI is InChI=1S/C22H34N4O3.HI/c1-3-23-22(24-13-12-15-6-5-9-19(29-2)20(15)27)26-18-8-4-7-16(14-18)21(28)25-17-10-11-17;/h5-6,9,16-18,27H,3-4,7-8,10-14H2,1-2H3,(H,25,28)(H2,23,24,26);1H. The lowest BCUT2D eigenvalue weighted by Crippen LogP contribution is -2.47. The van der Waals surface area contributed by atoms with E-state index in [1.165, 1.54) is 0 Å². The Morgan fingerprint density at radius 2 is 2.00 bits per heavy atom. The van der Waals surface area contributed by atoms with Gasteiger partial charge in [-0.15, -0.1) is 24.0 Å². The molecule has 0 aromatic heterocycles. The van der Waals surface area contributed by atoms with Gasteiger partial charge in [0.2, 0.25) is 5.91 Å². The van der Waals surface area contributed by atoms with Gasteiger partial charge in [-0.25, -0.2) is 0 Å². The molecule has 1 aromatic carbocycles. The number of guanidine groups is 1. The van der Waals surface area contributed by atoms with Crippen molar-refractivity contribution in [3.05, 3.63) is 23.8 Å². The number of rotatable bonds is 8. The molecule has 8 heteroatoms. The molecule has 1 amide bonds. The molecule has 2 unspecified atom stereocenters. The number of phenols is 1. The molecule has 0 spiro atoms. The van der Waals surface area contributed by atoms with Crippen LogP contribution in [0.3, 0.4) is 0 Å². The molecule has 2 aliphatic carbocycles. The highest BCUT2D eigenvalue weighted by Gasteiger charge is 2.31. The second-order valence-electron chi connectivity index (χ2n) is 7.97. The number of hydrogen-bond acceptors (Lipinski definition) is 4. The van der Waals surface area contributed by atoms with Crippen molar-refractivity contribution in [3.63, 3.8) is 0 Å². The van der Waals surface area contributed by atoms with Crippen LogP contribution < -0.4 is 20.7 Å². The van der Waals surface area contributed by atoms with Crippen LogP contribution in [0, 0.1) is 5.92 Å². The van der Waals surface area contributed by atoms with Crippen LogP contribution in [-0.4, -0.2) is 49.3 Å². The van der Waals surface area contributed by atoms with E-state index in [9.17, 15) is 9.90 Å². The van der Waals surface area contributed by atoms with Crippen molar-refractivity contribution in [2.75, 3.05) is 20.2 Å². The van der Waals surface area contributed by atoms with Gasteiger partial charge in [-0.3, -0.25) is 9.79 Å². The van der Waals surface area contributed by atoms with Crippen LogP contribution in [0.5, 0.6) is 11.5 Å². The number of ether oxygens (including phenoxy) is 1. The number of halogens is 1. The van der Waals surface area contributed by atoms with Crippen molar-refractivity contribution >= 4 is 35.8 Å². The Hall–Kier alpha value is -1.71. The summed E-state index contributed by atoms with van der Waals surface area (Å²) in [4.78, 5) is 17.1. The summed E-state index contributed by atoms with van der Waals surface area (Å²) in [7, 11) is 1.55. The van der Waals surface area contributed by atoms with E-state index in [0.29, 0.717) is 24.8 Å². The molecule has 3 rings (SSSR count). The molecular weight excluding hydrogens is 495 g/mol. The first-order valence-corrected chi connectivity index (χ1v) is 10.8. The van der Waals surface area contributed by atoms with Crippen molar-refractivity contribution in [3.8, 4) is 11.5 Å². The zero-order valence-corrected chi connectivity index (χ0v) is 20.3. The third-order valence-corrected chi connectivity index (χ3v) is 5.61. The second-order valence-corrected chi connectivity index (χ2v) is 7.97. The first kappa shape index (κ1) is 24.6. The first-order chi connectivity index (χ1) is 14.1. The summed E-state index contributed by atoms with van der Waals surface area (Å²) in [6.45, 7) is 3.36. The highest BCUT2D eigenvalue weighted by atomic mass is 127. The number of carbonyl (C=O) groups is 1. The van der Waals surface area contributed by atoms with E-state index in [4.69, 9.17) is 4.74 Å². The van der Waals surface area contributed by atoms with Gasteiger partial charge in [-0.1, -0.05) is 18.6 Å². The van der Waals surface area contributed by atoms with E-state index in [-0.39, 0.29) is 47.6 Å². The molecule has 0 heterocycles. The molecular formula is C22H35IN4O3. The SMILES string of the molecule is CCNC(=NCCc1cccc(OC)c1O)NC1CCCC(C(=O)NC2CC2)C1.I. The lowest BCUT2D eigenvalue weighted by Gasteiger charge is -2.30. The predicted octanol–water partition coefficient (Wildman–Crippen LogP) is 2.95. The van der Waals surface area contributed by atoms with Crippen molar-refractivity contribution in [2.24, 2.45) is 10.9 Å². The molecule has 168 valence electrons. The van der Waals surface area contributed by atoms with E-state index >= 15 is 0 Å². The molecule has 1 aromatic rings. The molecule has 2 atom stereocenters. The molecule has 0 radical (unpaired) electrons. The highest BCUT2D eigenvalue weighted by molar-refractivity contribution is 14.0. The summed E-state index contributed by atoms with van der Waals surface area (Å²) in [5.41, 5.74) is 0.818. The van der Waals surface area contributed by atoms with Crippen molar-refractivity contribution in [1.29, 1.82) is 0 Å². The van der Waals surface area contributed by atoms with Crippen LogP contribution in [-0.2, 0) is 11.2 Å². The predicted molar refractivity (Wildman–Crippen MR) is 130 cm³/mol. The molecule has 0 bridgehead atoms. The molecule has 2 aliphatic rings. The largest absolute Gasteiger partial charge is 0.504 e. The van der Waals surface area contributed by atoms with Gasteiger partial charge in [0.25, 0.3) is 0 Å². The maximum Gasteiger partial charge on any atom is 0.223 e. The number of amides is 1. The minimum atomic E-state index is 0. The van der Waals surface area contributed by atoms with E-state index in [0.717, 1.165) is 56.6 Å². The summed E-state index contributed by atoms with van der Waals surface area (Å²) in [5, 5.41) is 20.2. The number of hydrogen-bond donors (Lipinski definition) is 4. The molecule has 0 saturated heterocycles. The summed E-state index contributed by atoms with van der Waals surface area (Å²) in [6.07, 6.45) is 6.79. The fourth-order valence-electron chi connectivity index (χ4n) is 3.84. The molecule has 7 nitrogen and oxygen atoms in total. The van der Waals surface area contributed by atoms with Gasteiger partial charge in [0, 0.05) is 31.1 Å². The van der Waals surface area contributed by atoms with E-state index < -0.39 is 0 Å². The van der Waals surface area contributed by atoms with Crippen molar-refractivity contribution in [2.45, 2.75) is 64.0 Å². The van der Waals surface area contributed by atoms with Gasteiger partial charge in [0.05, 0.1) is 7.11 Å². The lowest BCUT2D eigenvalue weighted by atomic mass is 9.85. The average molecular weight is 530 g/mol. The fourth-order valence-corrected chi connectivity index (χ4v) is 3.84. The van der Waals surface area contributed by atoms with E-state index in [1.807, 2.05) is 19.1 Å². The number of benzene rings is 1. The third-order valence-electron chi connectivity index (χ3n) is 5.61. The van der Waals surface area contributed by atoms with Crippen LogP contribution in [0.15, 0.2) is 23.2 Å². The Morgan fingerprint density at radius 1 is 1.20 bits per heavy atom. The first-order valence-electron chi connectivity index (χ1n) is 10.8. The molecule has 0 aliphatic heterocycles. The fraction of sp³-hybridized carbons (Fsp3) is 0.636. The summed E-state index contributed by atoms with van der Waals surface area (Å²) >= 11 is 0. The minimum Gasteiger partial charge on any atom is -0.504 e. The smallest absolute Gasteiger partial charge is 0.223 e. The number of nitrogens with one attached hydrogen (secondary N) is 3. The van der Waals surface area contributed by atoms with Gasteiger partial charge in [0.1, 0.15) is 0 Å². The molecule has 2 fully saturated rings. The average Bonchev–Trinajstić information content (AvgIpc) is 3.53. The lowest BCUT2D eigenvalue weighted by molar-refractivity contribution is -0.126. The van der Waals surface area contributed by atoms with Crippen LogP contribution in [0.2, 0.25) is 0 Å². The maximum absolute atomic E-state index is 12.4. The molecule has 30 heavy (non-hydrogen) atoms. The number of carbonyl (C=O) groups excluding carboxylic acids is 1. The number of aromatic hydroxyl groups is 1. The van der Waals surface area contributed by atoms with Gasteiger partial charge >= 0.3 is 0 Å². The van der Waals surface area contributed by atoms with Crippen LogP contribution in [0.4, 0.5) is 0 Å². The van der Waals surface area contributed by atoms with Crippen LogP contribution >= 0.6 is 24.0 Å². The minimum absolute atomic E-state index is 0. The normalized spacial score (nSPS) is 21.3. The molecule has 4 N–H and O–H groups in total. The van der Waals surface area contributed by atoms with Crippen LogP contribution in [0.1, 0.15) is 51.0 Å². The van der Waals surface area contributed by atoms with E-state index in [2.05, 4.69) is 20.9 Å². The topological polar surface area (TPSA) is 95.0 Å². The van der Waals surface area contributed by atoms with Gasteiger partial charge in [-0.2, -0.15) is 0 Å². The third kappa shape index (κ3) is 7.21. The zero-order valence-electron chi connectivity index (χ0n) is 17.9. The van der Waals surface area contributed by atoms with Crippen molar-refractivity contribution < 1.29 is 14.6 Å². The monoisotopic (exact) mass is 530 g/mol. The second kappa shape index (κ2) is 12.2. The Balaban J connectivity index is 0.00000320. The molecule has 2 saturated carbocycles. The highest BCUT2D eigenvalue weighted by Crippen LogP contribution is 2.29. The summed E-state index contributed by atoms with van der Waals surface area (Å²) in [6, 6.07) is 6.17. The Morgan fingerprint density at radius 3 is 2.70 bits per heavy atom. The number of para-hydroxylation sites is 1. The maximum atomic E-state index is 12.4. The Bertz CT molecular complexity index is 724. The Kier molecular flexibility index (Phi) is 10.0. The van der Waals surface area contributed by atoms with Crippen molar-refractivity contribution in [1.82, 2.24) is 16.0 Å². The number of aliphatic imine (C=N–C) groups is 1. The number of nitrogens with zero attached hydrogens (tertiary/aromatic N) is 1. The zero-order chi connectivity index (χ0) is 20.6. The van der Waals surface area contributed by atoms with Crippen LogP contribution in [0.25, 0.3) is 0 Å². The Labute approximate surface area is 196 Å². The summed E-state index contributed by atoms with van der Waals surface area (Å²) < 4.78 is 5.17.